The molecule has 0 spiro atoms. The summed E-state index contributed by atoms with van der Waals surface area (Å²) in [6, 6.07) is 9.67. The Balaban J connectivity index is 1.31. The van der Waals surface area contributed by atoms with Gasteiger partial charge in [-0.25, -0.2) is 8.42 Å². The summed E-state index contributed by atoms with van der Waals surface area (Å²) in [6.07, 6.45) is 5.40. The molecule has 1 saturated heterocycles. The van der Waals surface area contributed by atoms with E-state index in [4.69, 9.17) is 0 Å². The van der Waals surface area contributed by atoms with Gasteiger partial charge in [-0.15, -0.1) is 11.3 Å². The standard InChI is InChI=1S/C21H26N2O3S2/c24-21(8-2-6-19-7-3-15-27-19)22-11-13-23(14-12-22)28(25,26)20-10-9-17-4-1-5-18(17)16-20/h3,7,9-10,15-16H,1-2,4-6,8,11-14H2. The maximum atomic E-state index is 13.0. The summed E-state index contributed by atoms with van der Waals surface area (Å²) < 4.78 is 27.5. The first-order chi connectivity index (χ1) is 13.5. The summed E-state index contributed by atoms with van der Waals surface area (Å²) in [5, 5.41) is 2.05. The van der Waals surface area contributed by atoms with Crippen molar-refractivity contribution < 1.29 is 13.2 Å². The molecule has 4 rings (SSSR count). The average molecular weight is 419 g/mol. The predicted molar refractivity (Wildman–Crippen MR) is 111 cm³/mol. The van der Waals surface area contributed by atoms with Gasteiger partial charge < -0.3 is 4.90 Å². The zero-order valence-corrected chi connectivity index (χ0v) is 17.6. The number of hydrogen-bond acceptors (Lipinski definition) is 4. The maximum absolute atomic E-state index is 13.0. The largest absolute Gasteiger partial charge is 0.340 e. The minimum Gasteiger partial charge on any atom is -0.340 e. The molecule has 2 heterocycles. The molecule has 150 valence electrons. The summed E-state index contributed by atoms with van der Waals surface area (Å²) in [4.78, 5) is 15.9. The number of carbonyl (C=O) groups is 1. The lowest BCUT2D eigenvalue weighted by Crippen LogP contribution is -2.50. The van der Waals surface area contributed by atoms with Crippen LogP contribution in [0.15, 0.2) is 40.6 Å². The lowest BCUT2D eigenvalue weighted by Gasteiger charge is -2.34. The Hall–Kier alpha value is -1.70. The van der Waals surface area contributed by atoms with Crippen molar-refractivity contribution in [3.05, 3.63) is 51.7 Å². The van der Waals surface area contributed by atoms with E-state index in [2.05, 4.69) is 11.4 Å². The number of rotatable bonds is 6. The topological polar surface area (TPSA) is 57.7 Å². The van der Waals surface area contributed by atoms with E-state index in [1.54, 1.807) is 17.4 Å². The molecule has 7 heteroatoms. The fraction of sp³-hybridized carbons (Fsp3) is 0.476. The van der Waals surface area contributed by atoms with Crippen LogP contribution in [-0.2, 0) is 34.1 Å². The van der Waals surface area contributed by atoms with Gasteiger partial charge in [0.25, 0.3) is 0 Å². The molecule has 1 aliphatic heterocycles. The molecule has 0 unspecified atom stereocenters. The van der Waals surface area contributed by atoms with Crippen LogP contribution in [0.4, 0.5) is 0 Å². The molecule has 0 atom stereocenters. The van der Waals surface area contributed by atoms with Crippen molar-refractivity contribution in [1.82, 2.24) is 9.21 Å². The molecule has 1 aromatic carbocycles. The first-order valence-electron chi connectivity index (χ1n) is 9.96. The summed E-state index contributed by atoms with van der Waals surface area (Å²) in [5.74, 6) is 0.131. The third-order valence-electron chi connectivity index (χ3n) is 5.69. The highest BCUT2D eigenvalue weighted by Crippen LogP contribution is 2.26. The first kappa shape index (κ1) is 19.6. The minimum absolute atomic E-state index is 0.131. The van der Waals surface area contributed by atoms with Gasteiger partial charge in [0.05, 0.1) is 4.90 Å². The average Bonchev–Trinajstić information content (AvgIpc) is 3.39. The second-order valence-electron chi connectivity index (χ2n) is 7.50. The summed E-state index contributed by atoms with van der Waals surface area (Å²) in [6.45, 7) is 1.69. The summed E-state index contributed by atoms with van der Waals surface area (Å²) in [5.41, 5.74) is 2.44. The van der Waals surface area contributed by atoms with Crippen LogP contribution in [0.5, 0.6) is 0 Å². The van der Waals surface area contributed by atoms with Crippen molar-refractivity contribution >= 4 is 27.3 Å². The van der Waals surface area contributed by atoms with Crippen molar-refractivity contribution in [1.29, 1.82) is 0 Å². The van der Waals surface area contributed by atoms with Crippen LogP contribution in [-0.4, -0.2) is 49.7 Å². The van der Waals surface area contributed by atoms with Gasteiger partial charge in [-0.1, -0.05) is 12.1 Å². The maximum Gasteiger partial charge on any atom is 0.243 e. The number of aryl methyl sites for hydroxylation is 3. The minimum atomic E-state index is -3.48. The third-order valence-corrected chi connectivity index (χ3v) is 8.52. The van der Waals surface area contributed by atoms with E-state index < -0.39 is 10.0 Å². The molecule has 28 heavy (non-hydrogen) atoms. The van der Waals surface area contributed by atoms with Crippen LogP contribution >= 0.6 is 11.3 Å². The molecule has 5 nitrogen and oxygen atoms in total. The number of piperazine rings is 1. The molecule has 0 N–H and O–H groups in total. The fourth-order valence-electron chi connectivity index (χ4n) is 4.06. The quantitative estimate of drug-likeness (QED) is 0.724. The van der Waals surface area contributed by atoms with Crippen LogP contribution in [0.1, 0.15) is 35.3 Å². The third kappa shape index (κ3) is 4.16. The lowest BCUT2D eigenvalue weighted by molar-refractivity contribution is -0.132. The monoisotopic (exact) mass is 418 g/mol. The molecule has 1 amide bonds. The van der Waals surface area contributed by atoms with Crippen molar-refractivity contribution in [3.63, 3.8) is 0 Å². The number of carbonyl (C=O) groups excluding carboxylic acids is 1. The predicted octanol–water partition coefficient (Wildman–Crippen LogP) is 3.09. The van der Waals surface area contributed by atoms with E-state index in [1.807, 2.05) is 23.1 Å². The second kappa shape index (κ2) is 8.35. The number of amides is 1. The molecular formula is C21H26N2O3S2. The normalized spacial score (nSPS) is 17.6. The van der Waals surface area contributed by atoms with Crippen molar-refractivity contribution in [3.8, 4) is 0 Å². The van der Waals surface area contributed by atoms with Crippen molar-refractivity contribution in [2.45, 2.75) is 43.4 Å². The Morgan fingerprint density at radius 2 is 1.82 bits per heavy atom. The summed E-state index contributed by atoms with van der Waals surface area (Å²) in [7, 11) is -3.48. The number of sulfonamides is 1. The highest BCUT2D eigenvalue weighted by Gasteiger charge is 2.30. The van der Waals surface area contributed by atoms with E-state index in [1.165, 1.54) is 20.3 Å². The van der Waals surface area contributed by atoms with E-state index in [0.717, 1.165) is 32.1 Å². The molecule has 2 aliphatic rings. The SMILES string of the molecule is O=C(CCCc1cccs1)N1CCN(S(=O)(=O)c2ccc3c(c2)CCC3)CC1. The van der Waals surface area contributed by atoms with Crippen LogP contribution in [0.2, 0.25) is 0 Å². The fourth-order valence-corrected chi connectivity index (χ4v) is 6.29. The zero-order valence-electron chi connectivity index (χ0n) is 16.0. The Kier molecular flexibility index (Phi) is 5.85. The Morgan fingerprint density at radius 3 is 2.57 bits per heavy atom. The molecular weight excluding hydrogens is 392 g/mol. The molecule has 2 aromatic rings. The van der Waals surface area contributed by atoms with Gasteiger partial charge in [-0.3, -0.25) is 4.79 Å². The highest BCUT2D eigenvalue weighted by atomic mass is 32.2. The van der Waals surface area contributed by atoms with Crippen molar-refractivity contribution in [2.24, 2.45) is 0 Å². The molecule has 0 saturated carbocycles. The highest BCUT2D eigenvalue weighted by molar-refractivity contribution is 7.89. The molecule has 0 radical (unpaired) electrons. The number of thiophene rings is 1. The first-order valence-corrected chi connectivity index (χ1v) is 12.3. The van der Waals surface area contributed by atoms with E-state index >= 15 is 0 Å². The Morgan fingerprint density at radius 1 is 1.04 bits per heavy atom. The lowest BCUT2D eigenvalue weighted by atomic mass is 10.1. The molecule has 1 aromatic heterocycles. The van der Waals surface area contributed by atoms with Crippen molar-refractivity contribution in [2.75, 3.05) is 26.2 Å². The van der Waals surface area contributed by atoms with Crippen LogP contribution in [0.3, 0.4) is 0 Å². The number of benzene rings is 1. The smallest absolute Gasteiger partial charge is 0.243 e. The van der Waals surface area contributed by atoms with E-state index in [0.29, 0.717) is 37.5 Å². The van der Waals surface area contributed by atoms with Gasteiger partial charge in [0.1, 0.15) is 0 Å². The van der Waals surface area contributed by atoms with E-state index in [-0.39, 0.29) is 5.91 Å². The second-order valence-corrected chi connectivity index (χ2v) is 10.5. The van der Waals surface area contributed by atoms with Gasteiger partial charge in [-0.05, 0) is 66.8 Å². The number of hydrogen-bond donors (Lipinski definition) is 0. The van der Waals surface area contributed by atoms with Crippen LogP contribution in [0, 0.1) is 0 Å². The Bertz CT molecular complexity index is 931. The van der Waals surface area contributed by atoms with Crippen LogP contribution < -0.4 is 0 Å². The molecule has 0 bridgehead atoms. The van der Waals surface area contributed by atoms with Gasteiger partial charge in [-0.2, -0.15) is 4.31 Å². The van der Waals surface area contributed by atoms with Gasteiger partial charge in [0.15, 0.2) is 0 Å². The number of fused-ring (bicyclic) bond motifs is 1. The van der Waals surface area contributed by atoms with Gasteiger partial charge >= 0.3 is 0 Å². The van der Waals surface area contributed by atoms with E-state index in [9.17, 15) is 13.2 Å². The van der Waals surface area contributed by atoms with Gasteiger partial charge in [0, 0.05) is 37.5 Å². The molecule has 1 aliphatic carbocycles. The zero-order chi connectivity index (χ0) is 19.6. The van der Waals surface area contributed by atoms with Crippen LogP contribution in [0.25, 0.3) is 0 Å². The summed E-state index contributed by atoms with van der Waals surface area (Å²) >= 11 is 1.72. The molecule has 1 fully saturated rings. The Labute approximate surface area is 171 Å². The number of nitrogens with zero attached hydrogens (tertiary/aromatic N) is 2. The van der Waals surface area contributed by atoms with Gasteiger partial charge in [0.2, 0.25) is 15.9 Å².